The van der Waals surface area contributed by atoms with Crippen molar-refractivity contribution in [3.05, 3.63) is 30.3 Å². The maximum absolute atomic E-state index is 8.50. The van der Waals surface area contributed by atoms with Gasteiger partial charge in [-0.3, -0.25) is 0 Å². The fraction of sp³-hybridized carbons (Fsp3) is 0. The van der Waals surface area contributed by atoms with E-state index < -0.39 is 0 Å². The van der Waals surface area contributed by atoms with Crippen molar-refractivity contribution in [1.82, 2.24) is 9.97 Å². The molecule has 0 radical (unpaired) electrons. The SMILES string of the molecule is N#Cc1cnc(-c2ccco2)[nH]1. The minimum absolute atomic E-state index is 0.432. The van der Waals surface area contributed by atoms with Gasteiger partial charge in [0.25, 0.3) is 0 Å². The summed E-state index contributed by atoms with van der Waals surface area (Å²) in [6, 6.07) is 5.50. The van der Waals surface area contributed by atoms with E-state index in [-0.39, 0.29) is 0 Å². The van der Waals surface area contributed by atoms with Crippen LogP contribution in [0.25, 0.3) is 11.6 Å². The highest BCUT2D eigenvalue weighted by Gasteiger charge is 2.03. The number of furan rings is 1. The number of nitrogens with zero attached hydrogens (tertiary/aromatic N) is 2. The Balaban J connectivity index is 2.44. The molecule has 1 N–H and O–H groups in total. The van der Waals surface area contributed by atoms with Crippen LogP contribution in [0.1, 0.15) is 5.69 Å². The van der Waals surface area contributed by atoms with Gasteiger partial charge in [0.05, 0.1) is 12.5 Å². The highest BCUT2D eigenvalue weighted by atomic mass is 16.3. The van der Waals surface area contributed by atoms with Crippen LogP contribution < -0.4 is 0 Å². The number of aromatic amines is 1. The molecule has 2 heterocycles. The quantitative estimate of drug-likeness (QED) is 0.686. The zero-order valence-electron chi connectivity index (χ0n) is 6.11. The van der Waals surface area contributed by atoms with Gasteiger partial charge in [-0.15, -0.1) is 0 Å². The lowest BCUT2D eigenvalue weighted by Gasteiger charge is -1.85. The number of nitrogens with one attached hydrogen (secondary N) is 1. The van der Waals surface area contributed by atoms with E-state index in [0.717, 1.165) is 0 Å². The van der Waals surface area contributed by atoms with Crippen LogP contribution in [0, 0.1) is 11.3 Å². The van der Waals surface area contributed by atoms with E-state index in [1.54, 1.807) is 18.4 Å². The van der Waals surface area contributed by atoms with E-state index >= 15 is 0 Å². The third-order valence-electron chi connectivity index (χ3n) is 1.45. The molecule has 0 amide bonds. The predicted octanol–water partition coefficient (Wildman–Crippen LogP) is 1.54. The van der Waals surface area contributed by atoms with Gasteiger partial charge in [0, 0.05) is 0 Å². The summed E-state index contributed by atoms with van der Waals surface area (Å²) in [5, 5.41) is 8.50. The van der Waals surface area contributed by atoms with Gasteiger partial charge in [-0.2, -0.15) is 5.26 Å². The van der Waals surface area contributed by atoms with Crippen molar-refractivity contribution in [2.24, 2.45) is 0 Å². The maximum atomic E-state index is 8.50. The van der Waals surface area contributed by atoms with Crippen LogP contribution in [0.3, 0.4) is 0 Å². The van der Waals surface area contributed by atoms with E-state index in [2.05, 4.69) is 9.97 Å². The first-order valence-corrected chi connectivity index (χ1v) is 3.39. The normalized spacial score (nSPS) is 9.58. The average molecular weight is 159 g/mol. The van der Waals surface area contributed by atoms with Crippen LogP contribution in [0.4, 0.5) is 0 Å². The minimum Gasteiger partial charge on any atom is -0.461 e. The van der Waals surface area contributed by atoms with Crippen LogP contribution in [0.2, 0.25) is 0 Å². The second kappa shape index (κ2) is 2.55. The number of aromatic nitrogens is 2. The molecule has 0 unspecified atom stereocenters. The van der Waals surface area contributed by atoms with Crippen molar-refractivity contribution < 1.29 is 4.42 Å². The van der Waals surface area contributed by atoms with Crippen molar-refractivity contribution in [1.29, 1.82) is 5.26 Å². The Morgan fingerprint density at radius 1 is 1.58 bits per heavy atom. The minimum atomic E-state index is 0.432. The molecule has 2 aromatic heterocycles. The molecule has 0 fully saturated rings. The van der Waals surface area contributed by atoms with E-state index in [0.29, 0.717) is 17.3 Å². The number of hydrogen-bond acceptors (Lipinski definition) is 3. The molecule has 2 rings (SSSR count). The van der Waals surface area contributed by atoms with E-state index in [1.165, 1.54) is 6.20 Å². The molecule has 0 saturated heterocycles. The van der Waals surface area contributed by atoms with Gasteiger partial charge >= 0.3 is 0 Å². The van der Waals surface area contributed by atoms with Crippen LogP contribution in [0.5, 0.6) is 0 Å². The van der Waals surface area contributed by atoms with E-state index in [9.17, 15) is 0 Å². The fourth-order valence-electron chi connectivity index (χ4n) is 0.917. The Bertz CT molecular complexity index is 408. The molecule has 2 aromatic rings. The number of imidazole rings is 1. The molecule has 0 bridgehead atoms. The zero-order valence-corrected chi connectivity index (χ0v) is 6.11. The second-order valence-corrected chi connectivity index (χ2v) is 2.23. The molecule has 0 aliphatic heterocycles. The Labute approximate surface area is 68.5 Å². The van der Waals surface area contributed by atoms with E-state index in [1.807, 2.05) is 6.07 Å². The molecular formula is C8H5N3O. The van der Waals surface area contributed by atoms with Gasteiger partial charge in [0.2, 0.25) is 0 Å². The first kappa shape index (κ1) is 6.68. The number of nitriles is 1. The first-order valence-electron chi connectivity index (χ1n) is 3.39. The number of rotatable bonds is 1. The van der Waals surface area contributed by atoms with Gasteiger partial charge in [0.15, 0.2) is 11.6 Å². The average Bonchev–Trinajstić information content (AvgIpc) is 2.75. The first-order chi connectivity index (χ1) is 5.90. The van der Waals surface area contributed by atoms with Crippen molar-refractivity contribution in [2.75, 3.05) is 0 Å². The zero-order chi connectivity index (χ0) is 8.39. The summed E-state index contributed by atoms with van der Waals surface area (Å²) in [7, 11) is 0. The maximum Gasteiger partial charge on any atom is 0.174 e. The molecule has 0 atom stereocenters. The van der Waals surface area contributed by atoms with Crippen LogP contribution >= 0.6 is 0 Å². The summed E-state index contributed by atoms with van der Waals surface area (Å²) >= 11 is 0. The highest BCUT2D eigenvalue weighted by Crippen LogP contribution is 2.14. The molecule has 0 aliphatic carbocycles. The van der Waals surface area contributed by atoms with Crippen molar-refractivity contribution in [3.63, 3.8) is 0 Å². The lowest BCUT2D eigenvalue weighted by molar-refractivity contribution is 0.578. The second-order valence-electron chi connectivity index (χ2n) is 2.23. The molecule has 58 valence electrons. The van der Waals surface area contributed by atoms with Crippen molar-refractivity contribution >= 4 is 0 Å². The Kier molecular flexibility index (Phi) is 1.42. The Morgan fingerprint density at radius 3 is 3.08 bits per heavy atom. The summed E-state index contributed by atoms with van der Waals surface area (Å²) in [5.41, 5.74) is 0.432. The summed E-state index contributed by atoms with van der Waals surface area (Å²) in [6.07, 6.45) is 3.03. The number of hydrogen-bond donors (Lipinski definition) is 1. The summed E-state index contributed by atoms with van der Waals surface area (Å²) in [5.74, 6) is 1.22. The molecule has 4 nitrogen and oxygen atoms in total. The van der Waals surface area contributed by atoms with Gasteiger partial charge in [-0.1, -0.05) is 0 Å². The summed E-state index contributed by atoms with van der Waals surface area (Å²) < 4.78 is 5.07. The van der Waals surface area contributed by atoms with Crippen LogP contribution in [0.15, 0.2) is 29.0 Å². The van der Waals surface area contributed by atoms with E-state index in [4.69, 9.17) is 9.68 Å². The largest absolute Gasteiger partial charge is 0.461 e. The fourth-order valence-corrected chi connectivity index (χ4v) is 0.917. The molecule has 12 heavy (non-hydrogen) atoms. The highest BCUT2D eigenvalue weighted by molar-refractivity contribution is 5.47. The molecule has 0 spiro atoms. The van der Waals surface area contributed by atoms with Gasteiger partial charge in [-0.25, -0.2) is 4.98 Å². The summed E-state index contributed by atoms with van der Waals surface area (Å²) in [4.78, 5) is 6.76. The third kappa shape index (κ3) is 0.974. The van der Waals surface area contributed by atoms with Crippen molar-refractivity contribution in [2.45, 2.75) is 0 Å². The lowest BCUT2D eigenvalue weighted by atomic mass is 10.4. The van der Waals surface area contributed by atoms with Crippen molar-refractivity contribution in [3.8, 4) is 17.7 Å². The summed E-state index contributed by atoms with van der Waals surface area (Å²) in [6.45, 7) is 0. The molecule has 0 saturated carbocycles. The Hall–Kier alpha value is -2.02. The Morgan fingerprint density at radius 2 is 2.50 bits per heavy atom. The molecular weight excluding hydrogens is 154 g/mol. The standard InChI is InChI=1S/C8H5N3O/c9-4-6-5-10-8(11-6)7-2-1-3-12-7/h1-3,5H,(H,10,11). The third-order valence-corrected chi connectivity index (χ3v) is 1.45. The van der Waals surface area contributed by atoms with Gasteiger partial charge in [0.1, 0.15) is 11.8 Å². The smallest absolute Gasteiger partial charge is 0.174 e. The van der Waals surface area contributed by atoms with Gasteiger partial charge in [-0.05, 0) is 12.1 Å². The molecule has 0 aliphatic rings. The molecule has 0 aromatic carbocycles. The van der Waals surface area contributed by atoms with Crippen LogP contribution in [-0.4, -0.2) is 9.97 Å². The number of H-pyrrole nitrogens is 1. The van der Waals surface area contributed by atoms with Gasteiger partial charge < -0.3 is 9.40 Å². The monoisotopic (exact) mass is 159 g/mol. The van der Waals surface area contributed by atoms with Crippen LogP contribution in [-0.2, 0) is 0 Å². The molecule has 4 heteroatoms. The topological polar surface area (TPSA) is 65.6 Å². The predicted molar refractivity (Wildman–Crippen MR) is 41.0 cm³/mol. The lowest BCUT2D eigenvalue weighted by Crippen LogP contribution is -1.75.